The van der Waals surface area contributed by atoms with Gasteiger partial charge in [-0.3, -0.25) is 16.3 Å². The second-order valence-electron chi connectivity index (χ2n) is 11.4. The Morgan fingerprint density at radius 3 is 2.10 bits per heavy atom. The van der Waals surface area contributed by atoms with Crippen LogP contribution in [0.1, 0.15) is 11.0 Å². The van der Waals surface area contributed by atoms with E-state index in [9.17, 15) is 0 Å². The zero-order chi connectivity index (χ0) is 36.4. The van der Waals surface area contributed by atoms with Gasteiger partial charge in [-0.2, -0.15) is 0 Å². The molecule has 0 atom stereocenters. The van der Waals surface area contributed by atoms with Gasteiger partial charge in [-0.05, 0) is 41.4 Å². The van der Waals surface area contributed by atoms with Crippen molar-refractivity contribution in [3.63, 3.8) is 0 Å². The molecule has 9 rings (SSSR count). The minimum atomic E-state index is -2.09. The van der Waals surface area contributed by atoms with E-state index in [0.717, 1.165) is 71.7 Å². The molecular weight excluding hydrogens is 807 g/mol. The topological polar surface area (TPSA) is 30.7 Å². The van der Waals surface area contributed by atoms with E-state index in [2.05, 4.69) is 118 Å². The number of imidazole rings is 1. The third-order valence-electron chi connectivity index (χ3n) is 8.32. The predicted octanol–water partition coefficient (Wildman–Crippen LogP) is 11.9. The average Bonchev–Trinajstić information content (AvgIpc) is 3.79. The van der Waals surface area contributed by atoms with E-state index < -0.39 is 6.85 Å². The van der Waals surface area contributed by atoms with Crippen LogP contribution in [0.15, 0.2) is 170 Å². The third kappa shape index (κ3) is 6.59. The fourth-order valence-electron chi connectivity index (χ4n) is 6.04. The summed E-state index contributed by atoms with van der Waals surface area (Å²) in [7, 11) is 0. The van der Waals surface area contributed by atoms with Crippen LogP contribution in [-0.4, -0.2) is 14.5 Å². The van der Waals surface area contributed by atoms with Crippen LogP contribution in [0, 0.1) is 18.3 Å². The smallest absolute Gasteiger partial charge is 0.0774 e. The van der Waals surface area contributed by atoms with Gasteiger partial charge in [0.05, 0.1) is 23.9 Å². The number of aryl methyl sites for hydroxylation is 1. The Morgan fingerprint density at radius 1 is 0.700 bits per heavy atom. The van der Waals surface area contributed by atoms with Crippen molar-refractivity contribution in [2.45, 2.75) is 6.85 Å². The molecule has 0 aliphatic heterocycles. The Labute approximate surface area is 315 Å². The molecule has 3 aromatic heterocycles. The fourth-order valence-corrected chi connectivity index (χ4v) is 6.87. The van der Waals surface area contributed by atoms with Gasteiger partial charge < -0.3 is 9.55 Å². The van der Waals surface area contributed by atoms with E-state index >= 15 is 0 Å². The molecule has 6 aromatic carbocycles. The Balaban J connectivity index is 0.000000223. The molecule has 0 aliphatic rings. The van der Waals surface area contributed by atoms with Gasteiger partial charge >= 0.3 is 0 Å². The van der Waals surface area contributed by atoms with E-state index in [4.69, 9.17) is 10.5 Å². The van der Waals surface area contributed by atoms with Crippen LogP contribution < -0.4 is 0 Å². The molecule has 0 amide bonds. The maximum atomic E-state index is 8.07. The first-order chi connectivity index (χ1) is 25.8. The van der Waals surface area contributed by atoms with Gasteiger partial charge in [0.15, 0.2) is 0 Å². The van der Waals surface area contributed by atoms with Crippen molar-refractivity contribution >= 4 is 32.5 Å². The first-order valence-corrected chi connectivity index (χ1v) is 16.7. The van der Waals surface area contributed by atoms with Crippen molar-refractivity contribution < 1.29 is 25.6 Å². The van der Waals surface area contributed by atoms with Gasteiger partial charge in [0.25, 0.3) is 0 Å². The molecule has 0 aliphatic carbocycles. The number of fused-ring (bicyclic) bond motifs is 2. The van der Waals surface area contributed by atoms with Crippen LogP contribution in [0.3, 0.4) is 0 Å². The summed E-state index contributed by atoms with van der Waals surface area (Å²) >= 11 is 1.54. The molecule has 0 saturated carbocycles. The maximum Gasteiger partial charge on any atom is 0.0774 e. The number of pyridine rings is 1. The Morgan fingerprint density at radius 2 is 1.42 bits per heavy atom. The van der Waals surface area contributed by atoms with Gasteiger partial charge in [-0.15, -0.1) is 47.3 Å². The van der Waals surface area contributed by atoms with Crippen molar-refractivity contribution in [2.24, 2.45) is 0 Å². The summed E-state index contributed by atoms with van der Waals surface area (Å²) in [5.41, 5.74) is 10.5. The number of para-hydroxylation sites is 3. The normalized spacial score (nSPS) is 12.2. The Bertz CT molecular complexity index is 2600. The van der Waals surface area contributed by atoms with Crippen LogP contribution in [0.25, 0.3) is 71.7 Å². The number of hydrogen-bond donors (Lipinski definition) is 0. The second kappa shape index (κ2) is 15.0. The van der Waals surface area contributed by atoms with Crippen molar-refractivity contribution in [1.29, 1.82) is 0 Å². The number of benzene rings is 6. The van der Waals surface area contributed by atoms with Crippen LogP contribution in [0.5, 0.6) is 0 Å². The Hall–Kier alpha value is -5.45. The van der Waals surface area contributed by atoms with Crippen molar-refractivity contribution in [3.8, 4) is 50.6 Å². The molecule has 0 saturated heterocycles. The summed E-state index contributed by atoms with van der Waals surface area (Å²) in [6.07, 6.45) is 1.39. The number of rotatable bonds is 5. The molecular formula is C45H31IrN3S-2. The van der Waals surface area contributed by atoms with Crippen LogP contribution >= 0.6 is 11.3 Å². The molecule has 3 heterocycles. The van der Waals surface area contributed by atoms with E-state index in [1.54, 1.807) is 18.2 Å². The molecule has 5 heteroatoms. The number of hydrogen-bond acceptors (Lipinski definition) is 3. The average molecular weight is 842 g/mol. The van der Waals surface area contributed by atoms with E-state index in [1.807, 2.05) is 42.5 Å². The minimum absolute atomic E-state index is 0. The SMILES string of the molecule is [2H]C([2H])([2H])c1ccc(-c2[c-]cccc2)nc1.[2H]c1ccc2c(-c3nc4ccccc4n3-c3c(-c4ccccc4)cccc3-c3ccccc3)[c-]sc2c1.[Ir]. The first kappa shape index (κ1) is 28.4. The number of nitrogens with zero attached hydrogens (tertiary/aromatic N) is 3. The zero-order valence-corrected chi connectivity index (χ0v) is 29.9. The molecule has 243 valence electrons. The van der Waals surface area contributed by atoms with Gasteiger partial charge in [0, 0.05) is 41.5 Å². The molecule has 0 bridgehead atoms. The monoisotopic (exact) mass is 842 g/mol. The molecule has 0 N–H and O–H groups in total. The maximum absolute atomic E-state index is 8.07. The Kier molecular flexibility index (Phi) is 8.51. The minimum Gasteiger partial charge on any atom is -0.332 e. The fraction of sp³-hybridized carbons (Fsp3) is 0.0222. The summed E-state index contributed by atoms with van der Waals surface area (Å²) in [5.74, 6) is 0.853. The van der Waals surface area contributed by atoms with Gasteiger partial charge in [-0.1, -0.05) is 137 Å². The van der Waals surface area contributed by atoms with E-state index in [-0.39, 0.29) is 25.7 Å². The summed E-state index contributed by atoms with van der Waals surface area (Å²) in [5, 5.41) is 4.59. The largest absolute Gasteiger partial charge is 0.332 e. The summed E-state index contributed by atoms with van der Waals surface area (Å²) in [6.45, 7) is -2.09. The van der Waals surface area contributed by atoms with Crippen LogP contribution in [0.4, 0.5) is 0 Å². The number of thiophene rings is 1. The quantitative estimate of drug-likeness (QED) is 0.162. The number of aromatic nitrogens is 3. The summed E-state index contributed by atoms with van der Waals surface area (Å²) in [4.78, 5) is 9.29. The molecule has 0 spiro atoms. The predicted molar refractivity (Wildman–Crippen MR) is 205 cm³/mol. The van der Waals surface area contributed by atoms with E-state index in [1.165, 1.54) is 17.5 Å². The summed E-state index contributed by atoms with van der Waals surface area (Å²) in [6, 6.07) is 55.9. The van der Waals surface area contributed by atoms with Crippen molar-refractivity contribution in [3.05, 3.63) is 187 Å². The van der Waals surface area contributed by atoms with Crippen LogP contribution in [0.2, 0.25) is 0 Å². The standard InChI is InChI=1S/C33H21N2S.C12H10N.Ir/c1-3-12-23(13-4-1)25-17-11-18-26(24-14-5-2-6-15-24)32(25)35-30-20-9-8-19-29(30)34-33(35)28-22-36-31-21-10-7-16-27(28)31;1-10-7-8-12(13-9-10)11-5-3-2-4-6-11;/h1-21H;2-5,7-9H,1H3;/q2*-1;/i10D;1D3;. The molecule has 1 radical (unpaired) electrons. The molecule has 9 aromatic rings. The first-order valence-electron chi connectivity index (χ1n) is 17.9. The van der Waals surface area contributed by atoms with Gasteiger partial charge in [0.2, 0.25) is 0 Å². The van der Waals surface area contributed by atoms with Gasteiger partial charge in [-0.25, -0.2) is 0 Å². The van der Waals surface area contributed by atoms with E-state index in [0.29, 0.717) is 6.04 Å². The van der Waals surface area contributed by atoms with Crippen LogP contribution in [-0.2, 0) is 20.1 Å². The summed E-state index contributed by atoms with van der Waals surface area (Å²) < 4.78 is 33.1. The molecule has 0 unspecified atom stereocenters. The second-order valence-corrected chi connectivity index (χ2v) is 12.3. The van der Waals surface area contributed by atoms with Gasteiger partial charge in [0.1, 0.15) is 0 Å². The van der Waals surface area contributed by atoms with Crippen molar-refractivity contribution in [1.82, 2.24) is 14.5 Å². The zero-order valence-electron chi connectivity index (χ0n) is 30.7. The molecule has 50 heavy (non-hydrogen) atoms. The molecule has 3 nitrogen and oxygen atoms in total. The molecule has 0 fully saturated rings. The van der Waals surface area contributed by atoms with Crippen molar-refractivity contribution in [2.75, 3.05) is 0 Å². The third-order valence-corrected chi connectivity index (χ3v) is 9.18.